The zero-order valence-electron chi connectivity index (χ0n) is 10.9. The van der Waals surface area contributed by atoms with Gasteiger partial charge in [-0.05, 0) is 32.1 Å². The molecule has 1 aromatic rings. The topological polar surface area (TPSA) is 15.3 Å². The summed E-state index contributed by atoms with van der Waals surface area (Å²) in [7, 11) is 4.27. The van der Waals surface area contributed by atoms with Crippen molar-refractivity contribution in [1.29, 1.82) is 0 Å². The van der Waals surface area contributed by atoms with Gasteiger partial charge in [0, 0.05) is 30.1 Å². The molecule has 0 fully saturated rings. The molecule has 1 aliphatic heterocycles. The lowest BCUT2D eigenvalue weighted by molar-refractivity contribution is 0.296. The van der Waals surface area contributed by atoms with Crippen LogP contribution >= 0.6 is 11.8 Å². The highest BCUT2D eigenvalue weighted by Crippen LogP contribution is 2.31. The highest BCUT2D eigenvalue weighted by molar-refractivity contribution is 7.98. The van der Waals surface area contributed by atoms with E-state index < -0.39 is 0 Å². The molecule has 2 nitrogen and oxygen atoms in total. The Labute approximate surface area is 109 Å². The van der Waals surface area contributed by atoms with E-state index in [1.54, 1.807) is 0 Å². The Kier molecular flexibility index (Phi) is 4.48. The summed E-state index contributed by atoms with van der Waals surface area (Å²) in [4.78, 5) is 2.26. The van der Waals surface area contributed by atoms with E-state index in [0.717, 1.165) is 12.3 Å². The maximum atomic E-state index is 3.70. The molecule has 0 aromatic heterocycles. The minimum Gasteiger partial charge on any atom is -0.308 e. The molecule has 1 aromatic carbocycles. The Hall–Kier alpha value is -0.510. The first-order valence-corrected chi connectivity index (χ1v) is 7.39. The van der Waals surface area contributed by atoms with Gasteiger partial charge in [0.25, 0.3) is 0 Å². The number of rotatable bonds is 4. The molecule has 2 rings (SSSR count). The summed E-state index contributed by atoms with van der Waals surface area (Å²) < 4.78 is 0. The maximum absolute atomic E-state index is 3.70. The Morgan fingerprint density at radius 2 is 2.18 bits per heavy atom. The highest BCUT2D eigenvalue weighted by Gasteiger charge is 2.20. The quantitative estimate of drug-likeness (QED) is 0.884. The highest BCUT2D eigenvalue weighted by atomic mass is 32.2. The number of hydrogen-bond acceptors (Lipinski definition) is 3. The SMILES string of the molecule is CC(CNC1CSCc2ccccc21)N(C)C. The Morgan fingerprint density at radius 3 is 2.94 bits per heavy atom. The van der Waals surface area contributed by atoms with Gasteiger partial charge in [-0.3, -0.25) is 0 Å². The first-order chi connectivity index (χ1) is 8.18. The van der Waals surface area contributed by atoms with Gasteiger partial charge in [-0.25, -0.2) is 0 Å². The van der Waals surface area contributed by atoms with Crippen LogP contribution in [0, 0.1) is 0 Å². The van der Waals surface area contributed by atoms with Gasteiger partial charge in [0.2, 0.25) is 0 Å². The van der Waals surface area contributed by atoms with Crippen molar-refractivity contribution in [3.63, 3.8) is 0 Å². The molecule has 17 heavy (non-hydrogen) atoms. The molecule has 2 unspecified atom stereocenters. The van der Waals surface area contributed by atoms with E-state index >= 15 is 0 Å². The Balaban J connectivity index is 1.99. The number of likely N-dealkylation sites (N-methyl/N-ethyl adjacent to an activating group) is 1. The van der Waals surface area contributed by atoms with Crippen LogP contribution in [0.2, 0.25) is 0 Å². The summed E-state index contributed by atoms with van der Waals surface area (Å²) in [6.45, 7) is 3.31. The van der Waals surface area contributed by atoms with Crippen molar-refractivity contribution in [2.24, 2.45) is 0 Å². The van der Waals surface area contributed by atoms with Crippen LogP contribution in [0.1, 0.15) is 24.1 Å². The molecule has 0 bridgehead atoms. The number of hydrogen-bond donors (Lipinski definition) is 1. The van der Waals surface area contributed by atoms with Gasteiger partial charge in [0.05, 0.1) is 0 Å². The Bertz CT molecular complexity index is 365. The van der Waals surface area contributed by atoms with Gasteiger partial charge < -0.3 is 10.2 Å². The minimum atomic E-state index is 0.521. The van der Waals surface area contributed by atoms with Crippen LogP contribution in [-0.2, 0) is 5.75 Å². The summed E-state index contributed by atoms with van der Waals surface area (Å²) in [5.41, 5.74) is 3.00. The lowest BCUT2D eigenvalue weighted by Gasteiger charge is -2.29. The summed E-state index contributed by atoms with van der Waals surface area (Å²) in [5.74, 6) is 2.36. The number of fused-ring (bicyclic) bond motifs is 1. The second-order valence-corrected chi connectivity index (χ2v) is 6.02. The second-order valence-electron chi connectivity index (χ2n) is 4.99. The van der Waals surface area contributed by atoms with Gasteiger partial charge in [-0.2, -0.15) is 11.8 Å². The smallest absolute Gasteiger partial charge is 0.0415 e. The molecule has 0 amide bonds. The minimum absolute atomic E-state index is 0.521. The summed E-state index contributed by atoms with van der Waals surface area (Å²) in [6, 6.07) is 9.92. The van der Waals surface area contributed by atoms with Crippen molar-refractivity contribution >= 4 is 11.8 Å². The van der Waals surface area contributed by atoms with Crippen LogP contribution in [0.5, 0.6) is 0 Å². The van der Waals surface area contributed by atoms with Crippen LogP contribution in [0.3, 0.4) is 0 Å². The van der Waals surface area contributed by atoms with E-state index in [1.807, 2.05) is 11.8 Å². The average molecular weight is 250 g/mol. The molecular weight excluding hydrogens is 228 g/mol. The standard InChI is InChI=1S/C14H22N2S/c1-11(16(2)3)8-15-14-10-17-9-12-6-4-5-7-13(12)14/h4-7,11,14-15H,8-10H2,1-3H3. The lowest BCUT2D eigenvalue weighted by Crippen LogP contribution is -2.38. The first kappa shape index (κ1) is 12.9. The zero-order valence-corrected chi connectivity index (χ0v) is 11.8. The predicted molar refractivity (Wildman–Crippen MR) is 76.5 cm³/mol. The van der Waals surface area contributed by atoms with E-state index in [9.17, 15) is 0 Å². The van der Waals surface area contributed by atoms with Crippen molar-refractivity contribution in [2.75, 3.05) is 26.4 Å². The fourth-order valence-corrected chi connectivity index (χ4v) is 3.18. The van der Waals surface area contributed by atoms with Crippen molar-refractivity contribution < 1.29 is 0 Å². The van der Waals surface area contributed by atoms with Gasteiger partial charge >= 0.3 is 0 Å². The normalized spacial score (nSPS) is 21.3. The number of nitrogens with zero attached hydrogens (tertiary/aromatic N) is 1. The van der Waals surface area contributed by atoms with Gasteiger partial charge in [-0.1, -0.05) is 24.3 Å². The van der Waals surface area contributed by atoms with Crippen molar-refractivity contribution in [2.45, 2.75) is 24.8 Å². The third-order valence-corrected chi connectivity index (χ3v) is 4.60. The molecule has 0 saturated carbocycles. The molecule has 1 aliphatic rings. The van der Waals surface area contributed by atoms with Crippen molar-refractivity contribution in [1.82, 2.24) is 10.2 Å². The molecule has 0 spiro atoms. The van der Waals surface area contributed by atoms with Gasteiger partial charge in [0.15, 0.2) is 0 Å². The molecule has 3 heteroatoms. The number of nitrogens with one attached hydrogen (secondary N) is 1. The van der Waals surface area contributed by atoms with Crippen LogP contribution in [-0.4, -0.2) is 37.3 Å². The largest absolute Gasteiger partial charge is 0.308 e. The van der Waals surface area contributed by atoms with Crippen LogP contribution < -0.4 is 5.32 Å². The second kappa shape index (κ2) is 5.89. The van der Waals surface area contributed by atoms with E-state index in [2.05, 4.69) is 55.5 Å². The van der Waals surface area contributed by atoms with Crippen molar-refractivity contribution in [3.8, 4) is 0 Å². The lowest BCUT2D eigenvalue weighted by atomic mass is 10.0. The molecule has 0 saturated heterocycles. The van der Waals surface area contributed by atoms with E-state index in [4.69, 9.17) is 0 Å². The molecule has 1 heterocycles. The third-order valence-electron chi connectivity index (χ3n) is 3.51. The van der Waals surface area contributed by atoms with Crippen LogP contribution in [0.4, 0.5) is 0 Å². The number of thioether (sulfide) groups is 1. The van der Waals surface area contributed by atoms with Crippen LogP contribution in [0.25, 0.3) is 0 Å². The fourth-order valence-electron chi connectivity index (χ4n) is 2.05. The molecular formula is C14H22N2S. The molecule has 2 atom stereocenters. The number of benzene rings is 1. The van der Waals surface area contributed by atoms with Gasteiger partial charge in [0.1, 0.15) is 0 Å². The molecule has 1 N–H and O–H groups in total. The monoisotopic (exact) mass is 250 g/mol. The maximum Gasteiger partial charge on any atom is 0.0415 e. The average Bonchev–Trinajstić information content (AvgIpc) is 2.35. The van der Waals surface area contributed by atoms with E-state index in [0.29, 0.717) is 12.1 Å². The van der Waals surface area contributed by atoms with E-state index in [-0.39, 0.29) is 0 Å². The summed E-state index contributed by atoms with van der Waals surface area (Å²) >= 11 is 2.03. The van der Waals surface area contributed by atoms with E-state index in [1.165, 1.54) is 16.9 Å². The molecule has 0 radical (unpaired) electrons. The summed E-state index contributed by atoms with van der Waals surface area (Å²) in [6.07, 6.45) is 0. The molecule has 0 aliphatic carbocycles. The first-order valence-electron chi connectivity index (χ1n) is 6.24. The van der Waals surface area contributed by atoms with Gasteiger partial charge in [-0.15, -0.1) is 0 Å². The third kappa shape index (κ3) is 3.24. The van der Waals surface area contributed by atoms with Crippen LogP contribution in [0.15, 0.2) is 24.3 Å². The molecule has 94 valence electrons. The van der Waals surface area contributed by atoms with Crippen molar-refractivity contribution in [3.05, 3.63) is 35.4 Å². The zero-order chi connectivity index (χ0) is 12.3. The summed E-state index contributed by atoms with van der Waals surface area (Å²) in [5, 5.41) is 3.70. The predicted octanol–water partition coefficient (Wildman–Crippen LogP) is 2.51. The fraction of sp³-hybridized carbons (Fsp3) is 0.571. The Morgan fingerprint density at radius 1 is 1.41 bits per heavy atom.